The molecule has 0 saturated carbocycles. The summed E-state index contributed by atoms with van der Waals surface area (Å²) in [6, 6.07) is 3.20. The molecule has 0 fully saturated rings. The molecular weight excluding hydrogens is 246 g/mol. The smallest absolute Gasteiger partial charge is 0.490 e. The number of nitrogens with zero attached hydrogens (tertiary/aromatic N) is 1. The van der Waals surface area contributed by atoms with Gasteiger partial charge in [0.15, 0.2) is 10.4 Å². The van der Waals surface area contributed by atoms with Gasteiger partial charge in [0.05, 0.1) is 6.61 Å². The van der Waals surface area contributed by atoms with Crippen LogP contribution >= 0.6 is 12.2 Å². The summed E-state index contributed by atoms with van der Waals surface area (Å²) < 4.78 is 6.45. The van der Waals surface area contributed by atoms with Gasteiger partial charge >= 0.3 is 6.16 Å². The molecule has 17 heavy (non-hydrogen) atoms. The number of rotatable bonds is 6. The van der Waals surface area contributed by atoms with Gasteiger partial charge in [0, 0.05) is 12.8 Å². The minimum absolute atomic E-state index is 0.112. The van der Waals surface area contributed by atoms with E-state index in [1.165, 1.54) is 6.20 Å². The minimum atomic E-state index is -1.45. The third-order valence-corrected chi connectivity index (χ3v) is 2.25. The highest BCUT2D eigenvalue weighted by atomic mass is 32.1. The molecule has 1 rings (SSSR count). The Labute approximate surface area is 103 Å². The van der Waals surface area contributed by atoms with Crippen molar-refractivity contribution in [3.63, 3.8) is 0 Å². The third-order valence-electron chi connectivity index (χ3n) is 1.87. The molecular formula is C10H13NO5S. The Kier molecular flexibility index (Phi) is 5.44. The fourth-order valence-electron chi connectivity index (χ4n) is 1.12. The Hall–Kier alpha value is -1.60. The van der Waals surface area contributed by atoms with Gasteiger partial charge in [0.1, 0.15) is 0 Å². The molecule has 0 aromatic carbocycles. The summed E-state index contributed by atoms with van der Waals surface area (Å²) in [6.07, 6.45) is 1.28. The van der Waals surface area contributed by atoms with Crippen LogP contribution in [0.3, 0.4) is 0 Å². The second kappa shape index (κ2) is 6.87. The van der Waals surface area contributed by atoms with Crippen molar-refractivity contribution in [2.24, 2.45) is 0 Å². The van der Waals surface area contributed by atoms with E-state index in [0.717, 1.165) is 4.73 Å². The molecule has 6 nitrogen and oxygen atoms in total. The molecule has 0 aliphatic heterocycles. The van der Waals surface area contributed by atoms with Crippen molar-refractivity contribution in [3.05, 3.63) is 23.0 Å². The maximum Gasteiger partial charge on any atom is 0.531 e. The van der Waals surface area contributed by atoms with Gasteiger partial charge < -0.3 is 19.8 Å². The number of aliphatic hydroxyl groups excluding tert-OH is 1. The first-order valence-corrected chi connectivity index (χ1v) is 5.42. The molecule has 1 aromatic rings. The minimum Gasteiger partial charge on any atom is -0.490 e. The summed E-state index contributed by atoms with van der Waals surface area (Å²) in [4.78, 5) is 14.8. The summed E-state index contributed by atoms with van der Waals surface area (Å²) in [6.45, 7) is 0.516. The summed E-state index contributed by atoms with van der Waals surface area (Å²) in [5.41, 5.74) is 0. The van der Waals surface area contributed by atoms with Crippen LogP contribution in [0.5, 0.6) is 5.75 Å². The van der Waals surface area contributed by atoms with Crippen LogP contribution < -0.4 is 9.57 Å². The first kappa shape index (κ1) is 13.5. The molecule has 1 aromatic heterocycles. The number of carbonyl (C=O) groups is 1. The molecule has 7 heteroatoms. The molecule has 0 aliphatic rings. The van der Waals surface area contributed by atoms with Crippen LogP contribution in [0.25, 0.3) is 0 Å². The molecule has 94 valence electrons. The standard InChI is InChI=1S/C10H13NO5S/c12-6-1-2-7-15-8-4-3-5-11(9(8)17)16-10(13)14/h3-5,12H,1-2,6-7H2,(H,13,14). The normalized spacial score (nSPS) is 9.94. The van der Waals surface area contributed by atoms with Crippen LogP contribution in [-0.2, 0) is 0 Å². The topological polar surface area (TPSA) is 80.9 Å². The van der Waals surface area contributed by atoms with E-state index < -0.39 is 6.16 Å². The molecule has 0 saturated heterocycles. The summed E-state index contributed by atoms with van der Waals surface area (Å²) in [5.74, 6) is 0.377. The zero-order valence-electron chi connectivity index (χ0n) is 9.04. The van der Waals surface area contributed by atoms with Crippen LogP contribution in [0.1, 0.15) is 12.8 Å². The van der Waals surface area contributed by atoms with E-state index in [2.05, 4.69) is 4.84 Å². The van der Waals surface area contributed by atoms with Gasteiger partial charge in [-0.3, -0.25) is 0 Å². The molecule has 1 heterocycles. The second-order valence-corrected chi connectivity index (χ2v) is 3.53. The Balaban J connectivity index is 2.66. The average Bonchev–Trinajstić information content (AvgIpc) is 2.28. The number of aromatic nitrogens is 1. The first-order chi connectivity index (χ1) is 8.15. The van der Waals surface area contributed by atoms with E-state index in [9.17, 15) is 4.79 Å². The van der Waals surface area contributed by atoms with Crippen molar-refractivity contribution >= 4 is 18.4 Å². The summed E-state index contributed by atoms with van der Waals surface area (Å²) >= 11 is 4.99. The number of ether oxygens (including phenoxy) is 1. The predicted molar refractivity (Wildman–Crippen MR) is 61.7 cm³/mol. The van der Waals surface area contributed by atoms with Crippen molar-refractivity contribution in [3.8, 4) is 5.75 Å². The number of unbranched alkanes of at least 4 members (excludes halogenated alkanes) is 1. The molecule has 0 spiro atoms. The lowest BCUT2D eigenvalue weighted by Crippen LogP contribution is -2.18. The van der Waals surface area contributed by atoms with Gasteiger partial charge in [-0.25, -0.2) is 4.79 Å². The first-order valence-electron chi connectivity index (χ1n) is 5.01. The molecule has 0 amide bonds. The number of pyridine rings is 1. The Morgan fingerprint density at radius 1 is 1.47 bits per heavy atom. The van der Waals surface area contributed by atoms with E-state index in [0.29, 0.717) is 25.2 Å². The number of carboxylic acid groups (broad SMARTS) is 1. The Morgan fingerprint density at radius 3 is 2.88 bits per heavy atom. The second-order valence-electron chi connectivity index (χ2n) is 3.14. The predicted octanol–water partition coefficient (Wildman–Crippen LogP) is 1.48. The number of aliphatic hydroxyl groups is 1. The molecule has 0 bridgehead atoms. The van der Waals surface area contributed by atoms with Crippen molar-refractivity contribution < 1.29 is 24.6 Å². The Morgan fingerprint density at radius 2 is 2.24 bits per heavy atom. The van der Waals surface area contributed by atoms with E-state index in [1.54, 1.807) is 12.1 Å². The monoisotopic (exact) mass is 259 g/mol. The quantitative estimate of drug-likeness (QED) is 0.595. The van der Waals surface area contributed by atoms with E-state index in [-0.39, 0.29) is 11.2 Å². The van der Waals surface area contributed by atoms with Gasteiger partial charge in [-0.15, -0.1) is 0 Å². The fraction of sp³-hybridized carbons (Fsp3) is 0.400. The van der Waals surface area contributed by atoms with Gasteiger partial charge in [-0.05, 0) is 25.0 Å². The highest BCUT2D eigenvalue weighted by molar-refractivity contribution is 7.71. The molecule has 0 atom stereocenters. The maximum absolute atomic E-state index is 10.4. The SMILES string of the molecule is O=C(O)On1cccc(OCCCCO)c1=S. The highest BCUT2D eigenvalue weighted by Gasteiger charge is 2.04. The van der Waals surface area contributed by atoms with Crippen LogP contribution in [-0.4, -0.2) is 34.3 Å². The van der Waals surface area contributed by atoms with E-state index in [4.69, 9.17) is 27.2 Å². The zero-order valence-corrected chi connectivity index (χ0v) is 9.85. The number of hydrogen-bond donors (Lipinski definition) is 2. The highest BCUT2D eigenvalue weighted by Crippen LogP contribution is 2.12. The zero-order chi connectivity index (χ0) is 12.7. The fourth-order valence-corrected chi connectivity index (χ4v) is 1.34. The largest absolute Gasteiger partial charge is 0.531 e. The van der Waals surface area contributed by atoms with E-state index in [1.807, 2.05) is 0 Å². The summed E-state index contributed by atoms with van der Waals surface area (Å²) in [7, 11) is 0. The average molecular weight is 259 g/mol. The molecule has 0 radical (unpaired) electrons. The van der Waals surface area contributed by atoms with Crippen LogP contribution in [0.15, 0.2) is 18.3 Å². The third kappa shape index (κ3) is 4.41. The molecule has 2 N–H and O–H groups in total. The summed E-state index contributed by atoms with van der Waals surface area (Å²) in [5, 5.41) is 17.1. The van der Waals surface area contributed by atoms with E-state index >= 15 is 0 Å². The maximum atomic E-state index is 10.4. The van der Waals surface area contributed by atoms with Crippen molar-refractivity contribution in [1.82, 2.24) is 4.73 Å². The van der Waals surface area contributed by atoms with Crippen LogP contribution in [0, 0.1) is 4.64 Å². The molecule has 0 aliphatic carbocycles. The van der Waals surface area contributed by atoms with Crippen LogP contribution in [0.4, 0.5) is 4.79 Å². The lowest BCUT2D eigenvalue weighted by atomic mass is 10.3. The number of hydrogen-bond acceptors (Lipinski definition) is 5. The van der Waals surface area contributed by atoms with Crippen molar-refractivity contribution in [2.75, 3.05) is 13.2 Å². The lowest BCUT2D eigenvalue weighted by molar-refractivity contribution is 0.0786. The Bertz CT molecular complexity index is 431. The lowest BCUT2D eigenvalue weighted by Gasteiger charge is -2.09. The van der Waals surface area contributed by atoms with Crippen LogP contribution in [0.2, 0.25) is 0 Å². The molecule has 0 unspecified atom stereocenters. The van der Waals surface area contributed by atoms with Gasteiger partial charge in [0.25, 0.3) is 0 Å². The van der Waals surface area contributed by atoms with Gasteiger partial charge in [-0.2, -0.15) is 4.73 Å². The van der Waals surface area contributed by atoms with Crippen molar-refractivity contribution in [1.29, 1.82) is 0 Å². The van der Waals surface area contributed by atoms with Gasteiger partial charge in [0.2, 0.25) is 0 Å². The van der Waals surface area contributed by atoms with Crippen molar-refractivity contribution in [2.45, 2.75) is 12.8 Å². The van der Waals surface area contributed by atoms with Gasteiger partial charge in [-0.1, -0.05) is 12.2 Å².